The van der Waals surface area contributed by atoms with Crippen molar-refractivity contribution in [2.45, 2.75) is 39.3 Å². The van der Waals surface area contributed by atoms with Gasteiger partial charge in [-0.3, -0.25) is 14.8 Å². The number of rotatable bonds is 6. The molecule has 2 heterocycles. The van der Waals surface area contributed by atoms with E-state index in [0.29, 0.717) is 12.5 Å². The van der Waals surface area contributed by atoms with Crippen LogP contribution in [0.25, 0.3) is 10.9 Å². The van der Waals surface area contributed by atoms with E-state index in [2.05, 4.69) is 62.9 Å². The predicted octanol–water partition coefficient (Wildman–Crippen LogP) is 3.65. The van der Waals surface area contributed by atoms with E-state index in [0.717, 1.165) is 37.1 Å². The van der Waals surface area contributed by atoms with Gasteiger partial charge in [0.1, 0.15) is 0 Å². The lowest BCUT2D eigenvalue weighted by Crippen LogP contribution is -2.35. The molecule has 3 aromatic rings. The number of aromatic nitrogens is 2. The second kappa shape index (κ2) is 8.57. The average molecular weight is 377 g/mol. The van der Waals surface area contributed by atoms with Gasteiger partial charge >= 0.3 is 0 Å². The highest BCUT2D eigenvalue weighted by molar-refractivity contribution is 5.78. The van der Waals surface area contributed by atoms with Crippen LogP contribution in [-0.2, 0) is 24.3 Å². The van der Waals surface area contributed by atoms with Crippen LogP contribution in [0.3, 0.4) is 0 Å². The van der Waals surface area contributed by atoms with Crippen molar-refractivity contribution >= 4 is 16.8 Å². The summed E-state index contributed by atoms with van der Waals surface area (Å²) in [6, 6.07) is 15.2. The third kappa shape index (κ3) is 4.78. The fourth-order valence-electron chi connectivity index (χ4n) is 4.24. The number of aromatic amines is 1. The topological polar surface area (TPSA) is 61.0 Å². The molecule has 1 aliphatic rings. The molecule has 0 aliphatic carbocycles. The zero-order chi connectivity index (χ0) is 19.3. The lowest BCUT2D eigenvalue weighted by Gasteiger charge is -2.33. The number of fused-ring (bicyclic) bond motifs is 1. The quantitative estimate of drug-likeness (QED) is 0.690. The summed E-state index contributed by atoms with van der Waals surface area (Å²) in [4.78, 5) is 13.7. The fourth-order valence-corrected chi connectivity index (χ4v) is 4.24. The van der Waals surface area contributed by atoms with Gasteiger partial charge in [0.05, 0.1) is 11.7 Å². The Labute approximate surface area is 166 Å². The Kier molecular flexibility index (Phi) is 5.72. The van der Waals surface area contributed by atoms with E-state index in [-0.39, 0.29) is 5.91 Å². The van der Waals surface area contributed by atoms with E-state index >= 15 is 0 Å². The number of benzene rings is 2. The highest BCUT2D eigenvalue weighted by Crippen LogP contribution is 2.24. The molecule has 5 nitrogen and oxygen atoms in total. The SMILES string of the molecule is CC(=O)NCc1cccc(CN2CCCC(Cc3ccc4[nH]ncc4c3)C2)c1. The number of piperidine rings is 1. The van der Waals surface area contributed by atoms with Gasteiger partial charge in [-0.05, 0) is 60.5 Å². The smallest absolute Gasteiger partial charge is 0.217 e. The average Bonchev–Trinajstić information content (AvgIpc) is 3.15. The number of hydrogen-bond donors (Lipinski definition) is 2. The minimum Gasteiger partial charge on any atom is -0.352 e. The summed E-state index contributed by atoms with van der Waals surface area (Å²) < 4.78 is 0. The molecular formula is C23H28N4O. The van der Waals surface area contributed by atoms with Gasteiger partial charge in [0.25, 0.3) is 0 Å². The summed E-state index contributed by atoms with van der Waals surface area (Å²) in [5, 5.41) is 11.2. The van der Waals surface area contributed by atoms with Crippen molar-refractivity contribution in [3.05, 3.63) is 65.4 Å². The number of H-pyrrole nitrogens is 1. The molecule has 1 unspecified atom stereocenters. The van der Waals surface area contributed by atoms with Gasteiger partial charge in [-0.25, -0.2) is 0 Å². The van der Waals surface area contributed by atoms with Crippen LogP contribution in [0, 0.1) is 5.92 Å². The highest BCUT2D eigenvalue weighted by Gasteiger charge is 2.20. The number of hydrogen-bond acceptors (Lipinski definition) is 3. The van der Waals surface area contributed by atoms with Crippen molar-refractivity contribution in [3.8, 4) is 0 Å². The number of likely N-dealkylation sites (tertiary alicyclic amines) is 1. The molecule has 1 saturated heterocycles. The van der Waals surface area contributed by atoms with Crippen LogP contribution < -0.4 is 5.32 Å². The summed E-state index contributed by atoms with van der Waals surface area (Å²) in [6.07, 6.45) is 5.58. The second-order valence-electron chi connectivity index (χ2n) is 7.97. The van der Waals surface area contributed by atoms with E-state index < -0.39 is 0 Å². The molecule has 146 valence electrons. The molecule has 0 saturated carbocycles. The van der Waals surface area contributed by atoms with Gasteiger partial charge in [-0.15, -0.1) is 0 Å². The Balaban J connectivity index is 1.35. The molecule has 4 rings (SSSR count). The molecule has 1 fully saturated rings. The molecule has 1 aliphatic heterocycles. The molecule has 0 spiro atoms. The molecule has 2 N–H and O–H groups in total. The van der Waals surface area contributed by atoms with Gasteiger partial charge < -0.3 is 5.32 Å². The third-order valence-electron chi connectivity index (χ3n) is 5.57. The minimum absolute atomic E-state index is 0.0119. The van der Waals surface area contributed by atoms with E-state index in [1.165, 1.54) is 29.4 Å². The normalized spacial score (nSPS) is 17.7. The molecule has 0 bridgehead atoms. The van der Waals surface area contributed by atoms with Gasteiger partial charge in [0.2, 0.25) is 5.91 Å². The van der Waals surface area contributed by atoms with Crippen molar-refractivity contribution in [1.29, 1.82) is 0 Å². The summed E-state index contributed by atoms with van der Waals surface area (Å²) in [5.74, 6) is 0.707. The summed E-state index contributed by atoms with van der Waals surface area (Å²) >= 11 is 0. The molecule has 5 heteroatoms. The van der Waals surface area contributed by atoms with Crippen LogP contribution in [0.5, 0.6) is 0 Å². The van der Waals surface area contributed by atoms with Gasteiger partial charge in [0, 0.05) is 31.9 Å². The zero-order valence-corrected chi connectivity index (χ0v) is 16.4. The first-order chi connectivity index (χ1) is 13.7. The van der Waals surface area contributed by atoms with Gasteiger partial charge in [0.15, 0.2) is 0 Å². The number of nitrogens with one attached hydrogen (secondary N) is 2. The Morgan fingerprint density at radius 2 is 2.11 bits per heavy atom. The lowest BCUT2D eigenvalue weighted by molar-refractivity contribution is -0.119. The Bertz CT molecular complexity index is 948. The van der Waals surface area contributed by atoms with E-state index in [1.54, 1.807) is 6.92 Å². The molecule has 2 aromatic carbocycles. The van der Waals surface area contributed by atoms with Crippen LogP contribution in [-0.4, -0.2) is 34.1 Å². The third-order valence-corrected chi connectivity index (χ3v) is 5.57. The summed E-state index contributed by atoms with van der Waals surface area (Å²) in [7, 11) is 0. The first-order valence-corrected chi connectivity index (χ1v) is 10.1. The van der Waals surface area contributed by atoms with E-state index in [1.807, 2.05) is 6.20 Å². The first-order valence-electron chi connectivity index (χ1n) is 10.1. The van der Waals surface area contributed by atoms with Crippen LogP contribution >= 0.6 is 0 Å². The minimum atomic E-state index is 0.0119. The van der Waals surface area contributed by atoms with Crippen molar-refractivity contribution in [1.82, 2.24) is 20.4 Å². The van der Waals surface area contributed by atoms with Crippen LogP contribution in [0.4, 0.5) is 0 Å². The highest BCUT2D eigenvalue weighted by atomic mass is 16.1. The van der Waals surface area contributed by atoms with Crippen molar-refractivity contribution < 1.29 is 4.79 Å². The molecule has 1 atom stereocenters. The lowest BCUT2D eigenvalue weighted by atomic mass is 9.90. The van der Waals surface area contributed by atoms with Crippen molar-refractivity contribution in [2.75, 3.05) is 13.1 Å². The van der Waals surface area contributed by atoms with Crippen LogP contribution in [0.15, 0.2) is 48.7 Å². The van der Waals surface area contributed by atoms with Gasteiger partial charge in [-0.1, -0.05) is 30.3 Å². The molecule has 1 amide bonds. The molecular weight excluding hydrogens is 348 g/mol. The second-order valence-corrected chi connectivity index (χ2v) is 7.97. The molecule has 1 aromatic heterocycles. The fraction of sp³-hybridized carbons (Fsp3) is 0.391. The maximum atomic E-state index is 11.1. The largest absolute Gasteiger partial charge is 0.352 e. The predicted molar refractivity (Wildman–Crippen MR) is 112 cm³/mol. The standard InChI is InChI=1S/C23H28N4O/c1-17(28)24-13-19-4-2-5-20(11-19)15-27-9-3-6-21(16-27)10-18-7-8-23-22(12-18)14-25-26-23/h2,4-5,7-8,11-12,14,21H,3,6,9-10,13,15-16H2,1H3,(H,24,28)(H,25,26). The summed E-state index contributed by atoms with van der Waals surface area (Å²) in [5.41, 5.74) is 4.99. The Hall–Kier alpha value is -2.66. The van der Waals surface area contributed by atoms with Crippen molar-refractivity contribution in [2.24, 2.45) is 5.92 Å². The van der Waals surface area contributed by atoms with Gasteiger partial charge in [-0.2, -0.15) is 5.10 Å². The number of nitrogens with zero attached hydrogens (tertiary/aromatic N) is 2. The number of carbonyl (C=O) groups is 1. The summed E-state index contributed by atoms with van der Waals surface area (Å²) in [6.45, 7) is 5.43. The Morgan fingerprint density at radius 3 is 3.00 bits per heavy atom. The monoisotopic (exact) mass is 376 g/mol. The maximum Gasteiger partial charge on any atom is 0.217 e. The van der Waals surface area contributed by atoms with Crippen molar-refractivity contribution in [3.63, 3.8) is 0 Å². The van der Waals surface area contributed by atoms with E-state index in [4.69, 9.17) is 0 Å². The van der Waals surface area contributed by atoms with Crippen LogP contribution in [0.2, 0.25) is 0 Å². The number of carbonyl (C=O) groups excluding carboxylic acids is 1. The zero-order valence-electron chi connectivity index (χ0n) is 16.4. The van der Waals surface area contributed by atoms with E-state index in [9.17, 15) is 4.79 Å². The maximum absolute atomic E-state index is 11.1. The Morgan fingerprint density at radius 1 is 1.21 bits per heavy atom. The molecule has 28 heavy (non-hydrogen) atoms. The molecule has 0 radical (unpaired) electrons. The first kappa shape index (κ1) is 18.7. The van der Waals surface area contributed by atoms with Crippen LogP contribution in [0.1, 0.15) is 36.5 Å². The number of amides is 1.